The lowest BCUT2D eigenvalue weighted by molar-refractivity contribution is -0.141. The van der Waals surface area contributed by atoms with Crippen LogP contribution in [-0.2, 0) is 11.2 Å². The van der Waals surface area contributed by atoms with Crippen molar-refractivity contribution in [3.63, 3.8) is 0 Å². The molecular formula is C15H21FO2. The molecule has 0 spiro atoms. The summed E-state index contributed by atoms with van der Waals surface area (Å²) in [7, 11) is 0. The topological polar surface area (TPSA) is 37.3 Å². The van der Waals surface area contributed by atoms with Gasteiger partial charge in [-0.1, -0.05) is 26.0 Å². The van der Waals surface area contributed by atoms with Crippen LogP contribution in [0.1, 0.15) is 38.7 Å². The lowest BCUT2D eigenvalue weighted by atomic mass is 9.93. The molecule has 3 heteroatoms. The average molecular weight is 252 g/mol. The third-order valence-corrected chi connectivity index (χ3v) is 3.35. The molecule has 100 valence electrons. The van der Waals surface area contributed by atoms with Gasteiger partial charge < -0.3 is 5.11 Å². The molecule has 0 heterocycles. The summed E-state index contributed by atoms with van der Waals surface area (Å²) in [5.41, 5.74) is 1.13. The van der Waals surface area contributed by atoms with E-state index in [0.29, 0.717) is 5.92 Å². The molecule has 0 aliphatic rings. The Morgan fingerprint density at radius 1 is 1.17 bits per heavy atom. The van der Waals surface area contributed by atoms with Gasteiger partial charge in [-0.3, -0.25) is 4.79 Å². The van der Waals surface area contributed by atoms with Crippen LogP contribution in [0.2, 0.25) is 0 Å². The number of carbonyl (C=O) groups is 1. The summed E-state index contributed by atoms with van der Waals surface area (Å²) in [6.07, 6.45) is 3.58. The van der Waals surface area contributed by atoms with E-state index in [9.17, 15) is 9.18 Å². The molecule has 0 amide bonds. The van der Waals surface area contributed by atoms with Crippen LogP contribution in [0.4, 0.5) is 4.39 Å². The summed E-state index contributed by atoms with van der Waals surface area (Å²) < 4.78 is 12.7. The summed E-state index contributed by atoms with van der Waals surface area (Å²) in [5, 5.41) is 8.79. The van der Waals surface area contributed by atoms with E-state index >= 15 is 0 Å². The second kappa shape index (κ2) is 7.14. The minimum Gasteiger partial charge on any atom is -0.481 e. The van der Waals surface area contributed by atoms with Crippen molar-refractivity contribution >= 4 is 5.97 Å². The number of hydrogen-bond donors (Lipinski definition) is 1. The van der Waals surface area contributed by atoms with Crippen molar-refractivity contribution in [2.24, 2.45) is 11.8 Å². The Bertz CT molecular complexity index is 373. The molecule has 0 saturated heterocycles. The third kappa shape index (κ3) is 5.30. The van der Waals surface area contributed by atoms with E-state index in [1.54, 1.807) is 6.92 Å². The highest BCUT2D eigenvalue weighted by molar-refractivity contribution is 5.69. The monoisotopic (exact) mass is 252 g/mol. The van der Waals surface area contributed by atoms with Crippen LogP contribution in [-0.4, -0.2) is 11.1 Å². The molecule has 1 rings (SSSR count). The normalized spacial score (nSPS) is 14.2. The number of halogens is 1. The molecule has 0 aromatic heterocycles. The van der Waals surface area contributed by atoms with E-state index in [1.807, 2.05) is 12.1 Å². The minimum atomic E-state index is -0.722. The molecule has 1 N–H and O–H groups in total. The van der Waals surface area contributed by atoms with Gasteiger partial charge in [0.1, 0.15) is 5.82 Å². The van der Waals surface area contributed by atoms with E-state index < -0.39 is 5.97 Å². The smallest absolute Gasteiger partial charge is 0.306 e. The molecule has 0 radical (unpaired) electrons. The first kappa shape index (κ1) is 14.7. The first-order chi connectivity index (χ1) is 8.49. The van der Waals surface area contributed by atoms with Crippen molar-refractivity contribution in [3.8, 4) is 0 Å². The number of rotatable bonds is 7. The summed E-state index contributed by atoms with van der Waals surface area (Å²) in [4.78, 5) is 10.7. The fourth-order valence-corrected chi connectivity index (χ4v) is 1.87. The Hall–Kier alpha value is -1.38. The zero-order valence-corrected chi connectivity index (χ0v) is 11.0. The van der Waals surface area contributed by atoms with Crippen LogP contribution < -0.4 is 0 Å². The van der Waals surface area contributed by atoms with Crippen LogP contribution >= 0.6 is 0 Å². The lowest BCUT2D eigenvalue weighted by Gasteiger charge is -2.13. The quantitative estimate of drug-likeness (QED) is 0.799. The fraction of sp³-hybridized carbons (Fsp3) is 0.533. The average Bonchev–Trinajstić information content (AvgIpc) is 2.35. The molecule has 0 aliphatic carbocycles. The number of aryl methyl sites for hydroxylation is 1. The third-order valence-electron chi connectivity index (χ3n) is 3.35. The second-order valence-electron chi connectivity index (χ2n) is 5.09. The first-order valence-corrected chi connectivity index (χ1v) is 6.46. The Morgan fingerprint density at radius 2 is 1.78 bits per heavy atom. The number of hydrogen-bond acceptors (Lipinski definition) is 1. The molecule has 1 aromatic carbocycles. The molecule has 0 fully saturated rings. The van der Waals surface area contributed by atoms with Gasteiger partial charge in [0.15, 0.2) is 0 Å². The van der Waals surface area contributed by atoms with Gasteiger partial charge in [0.2, 0.25) is 0 Å². The summed E-state index contributed by atoms with van der Waals surface area (Å²) in [6.45, 7) is 3.88. The van der Waals surface area contributed by atoms with Crippen molar-refractivity contribution in [2.45, 2.75) is 39.5 Å². The summed E-state index contributed by atoms with van der Waals surface area (Å²) >= 11 is 0. The Morgan fingerprint density at radius 3 is 2.33 bits per heavy atom. The molecule has 2 unspecified atom stereocenters. The Balaban J connectivity index is 2.26. The van der Waals surface area contributed by atoms with Crippen LogP contribution in [0.3, 0.4) is 0 Å². The number of aliphatic carboxylic acids is 1. The van der Waals surface area contributed by atoms with Crippen LogP contribution in [0.25, 0.3) is 0 Å². The zero-order chi connectivity index (χ0) is 13.5. The Labute approximate surface area is 108 Å². The highest BCUT2D eigenvalue weighted by Gasteiger charge is 2.12. The summed E-state index contributed by atoms with van der Waals surface area (Å²) in [6, 6.07) is 6.57. The maximum Gasteiger partial charge on any atom is 0.306 e. The van der Waals surface area contributed by atoms with Crippen LogP contribution in [0.5, 0.6) is 0 Å². The fourth-order valence-electron chi connectivity index (χ4n) is 1.87. The zero-order valence-electron chi connectivity index (χ0n) is 11.0. The molecule has 0 saturated carbocycles. The van der Waals surface area contributed by atoms with Gasteiger partial charge in [-0.15, -0.1) is 0 Å². The van der Waals surface area contributed by atoms with Gasteiger partial charge in [-0.25, -0.2) is 4.39 Å². The maximum atomic E-state index is 12.7. The van der Waals surface area contributed by atoms with Gasteiger partial charge in [-0.05, 0) is 49.3 Å². The predicted octanol–water partition coefficient (Wildman–Crippen LogP) is 3.90. The number of benzene rings is 1. The molecule has 2 atom stereocenters. The van der Waals surface area contributed by atoms with Crippen molar-refractivity contribution in [1.82, 2.24) is 0 Å². The van der Waals surface area contributed by atoms with Crippen LogP contribution in [0.15, 0.2) is 24.3 Å². The van der Waals surface area contributed by atoms with Gasteiger partial charge in [0.05, 0.1) is 5.92 Å². The highest BCUT2D eigenvalue weighted by atomic mass is 19.1. The molecule has 18 heavy (non-hydrogen) atoms. The highest BCUT2D eigenvalue weighted by Crippen LogP contribution is 2.18. The van der Waals surface area contributed by atoms with E-state index in [1.165, 1.54) is 12.1 Å². The standard InChI is InChI=1S/C15H21FO2/c1-11(3-5-12(2)15(17)18)4-6-13-7-9-14(16)10-8-13/h7-12H,3-6H2,1-2H3,(H,17,18). The Kier molecular flexibility index (Phi) is 5.83. The predicted molar refractivity (Wildman–Crippen MR) is 69.9 cm³/mol. The van der Waals surface area contributed by atoms with E-state index in [4.69, 9.17) is 5.11 Å². The first-order valence-electron chi connectivity index (χ1n) is 6.46. The maximum absolute atomic E-state index is 12.7. The lowest BCUT2D eigenvalue weighted by Crippen LogP contribution is -2.11. The van der Waals surface area contributed by atoms with E-state index in [-0.39, 0.29) is 11.7 Å². The number of carboxylic acids is 1. The van der Waals surface area contributed by atoms with E-state index in [2.05, 4.69) is 6.92 Å². The van der Waals surface area contributed by atoms with Crippen molar-refractivity contribution in [3.05, 3.63) is 35.6 Å². The minimum absolute atomic E-state index is 0.206. The van der Waals surface area contributed by atoms with Gasteiger partial charge >= 0.3 is 5.97 Å². The summed E-state index contributed by atoms with van der Waals surface area (Å²) in [5.74, 6) is -0.696. The SMILES string of the molecule is CC(CCc1ccc(F)cc1)CCC(C)C(=O)O. The largest absolute Gasteiger partial charge is 0.481 e. The molecule has 0 bridgehead atoms. The molecule has 2 nitrogen and oxygen atoms in total. The van der Waals surface area contributed by atoms with Crippen LogP contribution in [0, 0.1) is 17.7 Å². The second-order valence-corrected chi connectivity index (χ2v) is 5.09. The number of carboxylic acid groups (broad SMARTS) is 1. The van der Waals surface area contributed by atoms with Crippen molar-refractivity contribution in [1.29, 1.82) is 0 Å². The van der Waals surface area contributed by atoms with Gasteiger partial charge in [0.25, 0.3) is 0 Å². The molecule has 0 aliphatic heterocycles. The molecular weight excluding hydrogens is 231 g/mol. The van der Waals surface area contributed by atoms with Gasteiger partial charge in [0, 0.05) is 0 Å². The van der Waals surface area contributed by atoms with Gasteiger partial charge in [-0.2, -0.15) is 0 Å². The molecule has 1 aromatic rings. The van der Waals surface area contributed by atoms with Crippen molar-refractivity contribution < 1.29 is 14.3 Å². The van der Waals surface area contributed by atoms with Crippen molar-refractivity contribution in [2.75, 3.05) is 0 Å². The van der Waals surface area contributed by atoms with E-state index in [0.717, 1.165) is 31.2 Å².